The number of nitrogens with zero attached hydrogens (tertiary/aromatic N) is 2. The van der Waals surface area contributed by atoms with Crippen LogP contribution in [-0.4, -0.2) is 16.3 Å². The van der Waals surface area contributed by atoms with E-state index in [1.165, 1.54) is 29.5 Å². The quantitative estimate of drug-likeness (QED) is 0.692. The van der Waals surface area contributed by atoms with Crippen molar-refractivity contribution in [3.63, 3.8) is 0 Å². The van der Waals surface area contributed by atoms with Crippen LogP contribution < -0.4 is 5.32 Å². The number of halogens is 1. The van der Waals surface area contributed by atoms with Gasteiger partial charge in [-0.2, -0.15) is 5.10 Å². The minimum Gasteiger partial charge on any atom is -0.370 e. The second-order valence-corrected chi connectivity index (χ2v) is 6.70. The predicted molar refractivity (Wildman–Crippen MR) is 100 cm³/mol. The fourth-order valence-corrected chi connectivity index (χ4v) is 3.45. The molecule has 0 radical (unpaired) electrons. The molecule has 4 heteroatoms. The molecule has 1 aliphatic heterocycles. The van der Waals surface area contributed by atoms with Gasteiger partial charge in [-0.15, -0.1) is 0 Å². The lowest BCUT2D eigenvalue weighted by Gasteiger charge is -2.09. The van der Waals surface area contributed by atoms with Crippen LogP contribution in [0.1, 0.15) is 24.0 Å². The summed E-state index contributed by atoms with van der Waals surface area (Å²) in [5.41, 5.74) is 5.91. The molecule has 3 nitrogen and oxygen atoms in total. The van der Waals surface area contributed by atoms with Crippen molar-refractivity contribution in [3.05, 3.63) is 64.7 Å². The van der Waals surface area contributed by atoms with Crippen LogP contribution in [0.15, 0.2) is 48.5 Å². The van der Waals surface area contributed by atoms with Crippen LogP contribution in [0.25, 0.3) is 16.9 Å². The van der Waals surface area contributed by atoms with Crippen LogP contribution in [0.4, 0.5) is 5.82 Å². The molecule has 1 aromatic heterocycles. The first-order valence-corrected chi connectivity index (χ1v) is 8.79. The van der Waals surface area contributed by atoms with Gasteiger partial charge in [0.15, 0.2) is 0 Å². The van der Waals surface area contributed by atoms with Gasteiger partial charge < -0.3 is 5.32 Å². The maximum atomic E-state index is 6.05. The van der Waals surface area contributed by atoms with Crippen molar-refractivity contribution < 1.29 is 0 Å². The first-order valence-electron chi connectivity index (χ1n) is 8.42. The molecule has 0 unspecified atom stereocenters. The third kappa shape index (κ3) is 2.69. The van der Waals surface area contributed by atoms with E-state index in [-0.39, 0.29) is 0 Å². The summed E-state index contributed by atoms with van der Waals surface area (Å²) < 4.78 is 2.03. The second kappa shape index (κ2) is 6.33. The van der Waals surface area contributed by atoms with Gasteiger partial charge in [-0.3, -0.25) is 0 Å². The summed E-state index contributed by atoms with van der Waals surface area (Å²) in [6, 6.07) is 16.3. The van der Waals surface area contributed by atoms with E-state index in [0.29, 0.717) is 0 Å². The lowest BCUT2D eigenvalue weighted by atomic mass is 10.00. The first-order chi connectivity index (χ1) is 11.7. The van der Waals surface area contributed by atoms with E-state index in [1.54, 1.807) is 0 Å². The molecule has 0 fully saturated rings. The molecule has 0 aliphatic carbocycles. The van der Waals surface area contributed by atoms with Crippen LogP contribution in [0.5, 0.6) is 0 Å². The first kappa shape index (κ1) is 15.3. The van der Waals surface area contributed by atoms with Crippen LogP contribution >= 0.6 is 11.6 Å². The fourth-order valence-electron chi connectivity index (χ4n) is 3.33. The normalized spacial score (nSPS) is 13.9. The van der Waals surface area contributed by atoms with E-state index in [9.17, 15) is 0 Å². The molecule has 1 aliphatic rings. The van der Waals surface area contributed by atoms with Gasteiger partial charge in [0.25, 0.3) is 0 Å². The van der Waals surface area contributed by atoms with Gasteiger partial charge in [-0.25, -0.2) is 4.68 Å². The monoisotopic (exact) mass is 337 g/mol. The molecule has 24 heavy (non-hydrogen) atoms. The van der Waals surface area contributed by atoms with Crippen LogP contribution in [0.3, 0.4) is 0 Å². The Bertz CT molecular complexity index is 865. The van der Waals surface area contributed by atoms with Crippen LogP contribution in [0.2, 0.25) is 5.02 Å². The number of hydrogen-bond acceptors (Lipinski definition) is 2. The number of fused-ring (bicyclic) bond motifs is 1. The summed E-state index contributed by atoms with van der Waals surface area (Å²) in [7, 11) is 0. The molecule has 0 spiro atoms. The van der Waals surface area contributed by atoms with Gasteiger partial charge in [0, 0.05) is 22.7 Å². The standard InChI is InChI=1S/C20H20ClN3/c1-14-6-2-3-7-17(14)19-18-8-4-5-13-22-20(18)24(23-19)16-11-9-15(21)10-12-16/h2-3,6-7,9-12,22H,4-5,8,13H2,1H3. The van der Waals surface area contributed by atoms with E-state index >= 15 is 0 Å². The average Bonchev–Trinajstić information content (AvgIpc) is 2.78. The van der Waals surface area contributed by atoms with Gasteiger partial charge >= 0.3 is 0 Å². The Morgan fingerprint density at radius 1 is 1.04 bits per heavy atom. The highest BCUT2D eigenvalue weighted by molar-refractivity contribution is 6.30. The highest BCUT2D eigenvalue weighted by Crippen LogP contribution is 2.35. The highest BCUT2D eigenvalue weighted by Gasteiger charge is 2.22. The van der Waals surface area contributed by atoms with Crippen LogP contribution in [-0.2, 0) is 6.42 Å². The molecule has 0 bridgehead atoms. The topological polar surface area (TPSA) is 29.9 Å². The minimum absolute atomic E-state index is 0.740. The SMILES string of the molecule is Cc1ccccc1-c1nn(-c2ccc(Cl)cc2)c2c1CCCCN2. The molecule has 0 atom stereocenters. The Morgan fingerprint density at radius 2 is 1.83 bits per heavy atom. The number of aryl methyl sites for hydroxylation is 1. The zero-order valence-electron chi connectivity index (χ0n) is 13.7. The van der Waals surface area contributed by atoms with Gasteiger partial charge in [-0.1, -0.05) is 35.9 Å². The molecular weight excluding hydrogens is 318 g/mol. The summed E-state index contributed by atoms with van der Waals surface area (Å²) in [6.07, 6.45) is 3.42. The van der Waals surface area contributed by atoms with Crippen molar-refractivity contribution in [2.75, 3.05) is 11.9 Å². The fraction of sp³-hybridized carbons (Fsp3) is 0.250. The van der Waals surface area contributed by atoms with E-state index in [4.69, 9.17) is 16.7 Å². The van der Waals surface area contributed by atoms with Crippen LogP contribution in [0, 0.1) is 6.92 Å². The summed E-state index contributed by atoms with van der Waals surface area (Å²) in [5, 5.41) is 9.30. The summed E-state index contributed by atoms with van der Waals surface area (Å²) >= 11 is 6.05. The molecule has 0 amide bonds. The van der Waals surface area contributed by atoms with E-state index in [0.717, 1.165) is 35.2 Å². The highest BCUT2D eigenvalue weighted by atomic mass is 35.5. The van der Waals surface area contributed by atoms with Crippen molar-refractivity contribution in [1.29, 1.82) is 0 Å². The molecule has 0 saturated carbocycles. The van der Waals surface area contributed by atoms with Crippen molar-refractivity contribution >= 4 is 17.4 Å². The Morgan fingerprint density at radius 3 is 2.62 bits per heavy atom. The van der Waals surface area contributed by atoms with Gasteiger partial charge in [-0.05, 0) is 56.0 Å². The molecule has 0 saturated heterocycles. The number of hydrogen-bond donors (Lipinski definition) is 1. The van der Waals surface area contributed by atoms with E-state index < -0.39 is 0 Å². The third-order valence-electron chi connectivity index (χ3n) is 4.60. The van der Waals surface area contributed by atoms with Gasteiger partial charge in [0.2, 0.25) is 0 Å². The van der Waals surface area contributed by atoms with Crippen molar-refractivity contribution in [1.82, 2.24) is 9.78 Å². The molecule has 2 heterocycles. The van der Waals surface area contributed by atoms with Crippen molar-refractivity contribution in [2.45, 2.75) is 26.2 Å². The van der Waals surface area contributed by atoms with E-state index in [1.807, 2.05) is 28.9 Å². The molecular formula is C20H20ClN3. The van der Waals surface area contributed by atoms with Gasteiger partial charge in [0.1, 0.15) is 5.82 Å². The molecule has 2 aromatic carbocycles. The van der Waals surface area contributed by atoms with Gasteiger partial charge in [0.05, 0.1) is 11.4 Å². The maximum absolute atomic E-state index is 6.05. The van der Waals surface area contributed by atoms with Crippen molar-refractivity contribution in [2.24, 2.45) is 0 Å². The smallest absolute Gasteiger partial charge is 0.133 e. The molecule has 3 aromatic rings. The maximum Gasteiger partial charge on any atom is 0.133 e. The third-order valence-corrected chi connectivity index (χ3v) is 4.85. The predicted octanol–water partition coefficient (Wildman–Crippen LogP) is 5.25. The Kier molecular flexibility index (Phi) is 4.03. The zero-order valence-corrected chi connectivity index (χ0v) is 14.5. The number of anilines is 1. The zero-order chi connectivity index (χ0) is 16.5. The van der Waals surface area contributed by atoms with Crippen molar-refractivity contribution in [3.8, 4) is 16.9 Å². The number of benzene rings is 2. The minimum atomic E-state index is 0.740. The lowest BCUT2D eigenvalue weighted by molar-refractivity contribution is 0.780. The summed E-state index contributed by atoms with van der Waals surface area (Å²) in [5.74, 6) is 1.12. The molecule has 1 N–H and O–H groups in total. The molecule has 4 rings (SSSR count). The number of nitrogens with one attached hydrogen (secondary N) is 1. The Balaban J connectivity index is 1.92. The summed E-state index contributed by atoms with van der Waals surface area (Å²) in [4.78, 5) is 0. The summed E-state index contributed by atoms with van der Waals surface area (Å²) in [6.45, 7) is 3.13. The Hall–Kier alpha value is -2.26. The molecule has 122 valence electrons. The van der Waals surface area contributed by atoms with E-state index in [2.05, 4.69) is 36.5 Å². The Labute approximate surface area is 147 Å². The second-order valence-electron chi connectivity index (χ2n) is 6.26. The largest absolute Gasteiger partial charge is 0.370 e. The number of rotatable bonds is 2. The lowest BCUT2D eigenvalue weighted by Crippen LogP contribution is -2.07. The average molecular weight is 338 g/mol. The number of aromatic nitrogens is 2.